The summed E-state index contributed by atoms with van der Waals surface area (Å²) in [6, 6.07) is 4.57. The van der Waals surface area contributed by atoms with E-state index >= 15 is 0 Å². The summed E-state index contributed by atoms with van der Waals surface area (Å²) >= 11 is 0. The molecule has 0 aliphatic rings. The molecule has 1 heterocycles. The molecule has 1 aromatic carbocycles. The van der Waals surface area contributed by atoms with E-state index in [2.05, 4.69) is 9.97 Å². The standard InChI is InChI=1S/C12H8F4N2/c1-7-3-2-4-9(10(7)13)11-17-5-8(6-18-11)12(14,15)16/h2-6H,1H3. The van der Waals surface area contributed by atoms with E-state index in [9.17, 15) is 17.6 Å². The monoisotopic (exact) mass is 256 g/mol. The smallest absolute Gasteiger partial charge is 0.236 e. The largest absolute Gasteiger partial charge is 0.419 e. The first-order chi connectivity index (χ1) is 8.39. The fraction of sp³-hybridized carbons (Fsp3) is 0.167. The summed E-state index contributed by atoms with van der Waals surface area (Å²) in [6.07, 6.45) is -3.21. The fourth-order valence-corrected chi connectivity index (χ4v) is 1.43. The first kappa shape index (κ1) is 12.5. The molecule has 0 saturated carbocycles. The average Bonchev–Trinajstić information content (AvgIpc) is 2.32. The minimum absolute atomic E-state index is 0.0656. The van der Waals surface area contributed by atoms with Crippen LogP contribution in [0.2, 0.25) is 0 Å². The molecule has 0 amide bonds. The molecule has 0 radical (unpaired) electrons. The molecule has 0 fully saturated rings. The van der Waals surface area contributed by atoms with E-state index < -0.39 is 17.6 Å². The first-order valence-corrected chi connectivity index (χ1v) is 5.04. The highest BCUT2D eigenvalue weighted by atomic mass is 19.4. The average molecular weight is 256 g/mol. The van der Waals surface area contributed by atoms with E-state index in [1.807, 2.05) is 0 Å². The summed E-state index contributed by atoms with van der Waals surface area (Å²) in [5.41, 5.74) is -0.487. The van der Waals surface area contributed by atoms with Crippen molar-refractivity contribution in [2.75, 3.05) is 0 Å². The van der Waals surface area contributed by atoms with Gasteiger partial charge in [-0.05, 0) is 18.6 Å². The van der Waals surface area contributed by atoms with Crippen molar-refractivity contribution in [3.8, 4) is 11.4 Å². The molecular formula is C12H8F4N2. The van der Waals surface area contributed by atoms with Crippen LogP contribution in [0.1, 0.15) is 11.1 Å². The molecule has 2 aromatic rings. The summed E-state index contributed by atoms with van der Waals surface area (Å²) in [7, 11) is 0. The van der Waals surface area contributed by atoms with Gasteiger partial charge < -0.3 is 0 Å². The van der Waals surface area contributed by atoms with Crippen LogP contribution in [0, 0.1) is 12.7 Å². The predicted molar refractivity (Wildman–Crippen MR) is 57.2 cm³/mol. The predicted octanol–water partition coefficient (Wildman–Crippen LogP) is 3.61. The fourth-order valence-electron chi connectivity index (χ4n) is 1.43. The van der Waals surface area contributed by atoms with Crippen LogP contribution in [0.15, 0.2) is 30.6 Å². The molecule has 1 aromatic heterocycles. The van der Waals surface area contributed by atoms with Gasteiger partial charge in [0.05, 0.1) is 11.1 Å². The maximum absolute atomic E-state index is 13.7. The lowest BCUT2D eigenvalue weighted by Gasteiger charge is -2.07. The zero-order chi connectivity index (χ0) is 13.3. The van der Waals surface area contributed by atoms with Crippen molar-refractivity contribution in [1.82, 2.24) is 9.97 Å². The number of halogens is 4. The van der Waals surface area contributed by atoms with Crippen LogP contribution in [0.3, 0.4) is 0 Å². The second-order valence-corrected chi connectivity index (χ2v) is 3.73. The van der Waals surface area contributed by atoms with Gasteiger partial charge in [-0.15, -0.1) is 0 Å². The van der Waals surface area contributed by atoms with Gasteiger partial charge in [-0.2, -0.15) is 13.2 Å². The van der Waals surface area contributed by atoms with Crippen LogP contribution < -0.4 is 0 Å². The third kappa shape index (κ3) is 2.32. The lowest BCUT2D eigenvalue weighted by Crippen LogP contribution is -2.06. The van der Waals surface area contributed by atoms with Crippen LogP contribution in [0.5, 0.6) is 0 Å². The molecule has 0 N–H and O–H groups in total. The number of hydrogen-bond acceptors (Lipinski definition) is 2. The lowest BCUT2D eigenvalue weighted by molar-refractivity contribution is -0.138. The van der Waals surface area contributed by atoms with Crippen molar-refractivity contribution in [1.29, 1.82) is 0 Å². The van der Waals surface area contributed by atoms with E-state index in [1.165, 1.54) is 6.07 Å². The molecule has 6 heteroatoms. The molecule has 2 nitrogen and oxygen atoms in total. The summed E-state index contributed by atoms with van der Waals surface area (Å²) < 4.78 is 50.7. The summed E-state index contributed by atoms with van der Waals surface area (Å²) in [6.45, 7) is 1.56. The first-order valence-electron chi connectivity index (χ1n) is 5.04. The Labute approximate surface area is 100 Å². The molecule has 18 heavy (non-hydrogen) atoms. The van der Waals surface area contributed by atoms with Gasteiger partial charge in [0.25, 0.3) is 0 Å². The van der Waals surface area contributed by atoms with E-state index in [1.54, 1.807) is 19.1 Å². The highest BCUT2D eigenvalue weighted by Crippen LogP contribution is 2.29. The Balaban J connectivity index is 2.44. The minimum atomic E-state index is -4.50. The molecule has 0 saturated heterocycles. The molecule has 0 unspecified atom stereocenters. The van der Waals surface area contributed by atoms with Gasteiger partial charge in [-0.1, -0.05) is 12.1 Å². The molecule has 0 spiro atoms. The second-order valence-electron chi connectivity index (χ2n) is 3.73. The van der Waals surface area contributed by atoms with E-state index in [0.29, 0.717) is 18.0 Å². The topological polar surface area (TPSA) is 25.8 Å². The zero-order valence-electron chi connectivity index (χ0n) is 9.29. The maximum Gasteiger partial charge on any atom is 0.419 e. The Morgan fingerprint density at radius 1 is 1.06 bits per heavy atom. The van der Waals surface area contributed by atoms with Crippen molar-refractivity contribution >= 4 is 0 Å². The summed E-state index contributed by atoms with van der Waals surface area (Å²) in [5, 5.41) is 0. The van der Waals surface area contributed by atoms with Gasteiger partial charge in [0.2, 0.25) is 0 Å². The molecular weight excluding hydrogens is 248 g/mol. The summed E-state index contributed by atoms with van der Waals surface area (Å²) in [5.74, 6) is -0.596. The van der Waals surface area contributed by atoms with Gasteiger partial charge in [0.1, 0.15) is 5.82 Å². The number of benzene rings is 1. The number of alkyl halides is 3. The molecule has 94 valence electrons. The third-order valence-corrected chi connectivity index (χ3v) is 2.41. The van der Waals surface area contributed by atoms with Crippen molar-refractivity contribution < 1.29 is 17.6 Å². The van der Waals surface area contributed by atoms with Crippen LogP contribution in [0.25, 0.3) is 11.4 Å². The Morgan fingerprint density at radius 3 is 2.22 bits per heavy atom. The normalized spacial score (nSPS) is 11.6. The molecule has 0 aliphatic heterocycles. The Hall–Kier alpha value is -1.98. The molecule has 0 atom stereocenters. The number of aromatic nitrogens is 2. The van der Waals surface area contributed by atoms with E-state index in [4.69, 9.17) is 0 Å². The van der Waals surface area contributed by atoms with Gasteiger partial charge in [-0.3, -0.25) is 0 Å². The van der Waals surface area contributed by atoms with Crippen LogP contribution >= 0.6 is 0 Å². The van der Waals surface area contributed by atoms with Gasteiger partial charge >= 0.3 is 6.18 Å². The van der Waals surface area contributed by atoms with Crippen molar-refractivity contribution in [3.63, 3.8) is 0 Å². The maximum atomic E-state index is 13.7. The number of aryl methyl sites for hydroxylation is 1. The highest BCUT2D eigenvalue weighted by molar-refractivity contribution is 5.57. The quantitative estimate of drug-likeness (QED) is 0.728. The zero-order valence-corrected chi connectivity index (χ0v) is 9.29. The SMILES string of the molecule is Cc1cccc(-c2ncc(C(F)(F)F)cn2)c1F. The number of nitrogens with zero attached hydrogens (tertiary/aromatic N) is 2. The minimum Gasteiger partial charge on any atom is -0.236 e. The number of hydrogen-bond donors (Lipinski definition) is 0. The highest BCUT2D eigenvalue weighted by Gasteiger charge is 2.31. The van der Waals surface area contributed by atoms with Crippen LogP contribution in [0.4, 0.5) is 17.6 Å². The Kier molecular flexibility index (Phi) is 3.02. The molecule has 0 bridgehead atoms. The van der Waals surface area contributed by atoms with Crippen molar-refractivity contribution in [3.05, 3.63) is 47.5 Å². The summed E-state index contributed by atoms with van der Waals surface area (Å²) in [4.78, 5) is 7.09. The Bertz CT molecular complexity index is 561. The van der Waals surface area contributed by atoms with Crippen molar-refractivity contribution in [2.45, 2.75) is 13.1 Å². The Morgan fingerprint density at radius 2 is 1.67 bits per heavy atom. The van der Waals surface area contributed by atoms with E-state index in [0.717, 1.165) is 0 Å². The molecule has 0 aliphatic carbocycles. The van der Waals surface area contributed by atoms with Crippen LogP contribution in [-0.4, -0.2) is 9.97 Å². The van der Waals surface area contributed by atoms with Crippen LogP contribution in [-0.2, 0) is 6.18 Å². The van der Waals surface area contributed by atoms with Gasteiger partial charge in [0, 0.05) is 12.4 Å². The van der Waals surface area contributed by atoms with Crippen molar-refractivity contribution in [2.24, 2.45) is 0 Å². The molecule has 2 rings (SSSR count). The third-order valence-electron chi connectivity index (χ3n) is 2.41. The number of rotatable bonds is 1. The second kappa shape index (κ2) is 4.36. The van der Waals surface area contributed by atoms with Gasteiger partial charge in [-0.25, -0.2) is 14.4 Å². The van der Waals surface area contributed by atoms with E-state index in [-0.39, 0.29) is 11.4 Å². The lowest BCUT2D eigenvalue weighted by atomic mass is 10.1. The van der Waals surface area contributed by atoms with Gasteiger partial charge in [0.15, 0.2) is 5.82 Å².